The molecule has 0 amide bonds. The molecule has 0 radical (unpaired) electrons. The van der Waals surface area contributed by atoms with E-state index < -0.39 is 19.8 Å². The Morgan fingerprint density at radius 1 is 1.15 bits per heavy atom. The Morgan fingerprint density at radius 3 is 2.25 bits per heavy atom. The molecule has 1 aromatic carbocycles. The second-order valence-electron chi connectivity index (χ2n) is 4.54. The zero-order valence-corrected chi connectivity index (χ0v) is 12.9. The maximum absolute atomic E-state index is 11.1. The van der Waals surface area contributed by atoms with E-state index in [4.69, 9.17) is 14.1 Å². The first-order chi connectivity index (χ1) is 9.18. The van der Waals surface area contributed by atoms with E-state index in [9.17, 15) is 12.6 Å². The molecule has 8 heteroatoms. The number of benzene rings is 1. The van der Waals surface area contributed by atoms with Gasteiger partial charge in [-0.15, -0.1) is 0 Å². The van der Waals surface area contributed by atoms with E-state index in [-0.39, 0.29) is 4.90 Å². The Bertz CT molecular complexity index is 620. The Kier molecular flexibility index (Phi) is 6.12. The minimum atomic E-state index is -4.14. The summed E-state index contributed by atoms with van der Waals surface area (Å²) in [6, 6.07) is 5.93. The molecule has 20 heavy (non-hydrogen) atoms. The summed E-state index contributed by atoms with van der Waals surface area (Å²) >= 11 is 0. The predicted molar refractivity (Wildman–Crippen MR) is 77.0 cm³/mol. The zero-order valence-electron chi connectivity index (χ0n) is 11.2. The van der Waals surface area contributed by atoms with Crippen LogP contribution in [0.1, 0.15) is 12.0 Å². The molecule has 1 rings (SSSR count). The van der Waals surface area contributed by atoms with Crippen molar-refractivity contribution in [2.24, 2.45) is 0 Å². The summed E-state index contributed by atoms with van der Waals surface area (Å²) in [4.78, 5) is -0.129. The van der Waals surface area contributed by atoms with Crippen molar-refractivity contribution in [2.45, 2.75) is 17.7 Å². The summed E-state index contributed by atoms with van der Waals surface area (Å²) in [5.41, 5.74) is 0.900. The van der Waals surface area contributed by atoms with Crippen LogP contribution in [0.25, 0.3) is 0 Å². The van der Waals surface area contributed by atoms with E-state index >= 15 is 0 Å². The molecule has 0 bridgehead atoms. The Hall–Kier alpha value is -0.960. The normalized spacial score (nSPS) is 14.9. The van der Waals surface area contributed by atoms with Gasteiger partial charge in [0.05, 0.1) is 11.5 Å². The number of ether oxygens (including phenoxy) is 1. The van der Waals surface area contributed by atoms with Crippen LogP contribution in [-0.4, -0.2) is 42.4 Å². The van der Waals surface area contributed by atoms with Gasteiger partial charge >= 0.3 is 0 Å². The molecule has 1 unspecified atom stereocenters. The smallest absolute Gasteiger partial charge is 0.294 e. The highest BCUT2D eigenvalue weighted by molar-refractivity contribution is 7.91. The monoisotopic (exact) mass is 321 g/mol. The molecule has 2 N–H and O–H groups in total. The fourth-order valence-corrected chi connectivity index (χ4v) is 2.71. The molecule has 0 saturated heterocycles. The van der Waals surface area contributed by atoms with Crippen molar-refractivity contribution in [3.8, 4) is 0 Å². The fraction of sp³-hybridized carbons (Fsp3) is 0.500. The highest BCUT2D eigenvalue weighted by atomic mass is 32.2. The molecule has 1 aromatic rings. The first kappa shape index (κ1) is 17.1. The van der Waals surface area contributed by atoms with Crippen LogP contribution in [-0.2, 0) is 31.0 Å². The van der Waals surface area contributed by atoms with Crippen molar-refractivity contribution in [1.82, 2.24) is 0 Å². The van der Waals surface area contributed by atoms with E-state index in [1.807, 2.05) is 0 Å². The first-order valence-corrected chi connectivity index (χ1v) is 9.62. The highest BCUT2D eigenvalue weighted by Crippen LogP contribution is 2.10. The van der Waals surface area contributed by atoms with E-state index in [1.54, 1.807) is 12.1 Å². The number of hydrogen-bond acceptors (Lipinski definition) is 5. The van der Waals surface area contributed by atoms with Crippen molar-refractivity contribution in [1.29, 1.82) is 4.78 Å². The van der Waals surface area contributed by atoms with Gasteiger partial charge in [0, 0.05) is 28.3 Å². The Morgan fingerprint density at radius 2 is 1.75 bits per heavy atom. The molecule has 0 fully saturated rings. The fourth-order valence-electron chi connectivity index (χ4n) is 1.56. The van der Waals surface area contributed by atoms with Gasteiger partial charge in [0.1, 0.15) is 0 Å². The summed E-state index contributed by atoms with van der Waals surface area (Å²) in [5, 5.41) is 0. The minimum absolute atomic E-state index is 0.129. The molecule has 0 aromatic heterocycles. The second kappa shape index (κ2) is 7.16. The molecular weight excluding hydrogens is 302 g/mol. The molecule has 114 valence electrons. The molecule has 0 saturated carbocycles. The van der Waals surface area contributed by atoms with Crippen LogP contribution < -0.4 is 0 Å². The van der Waals surface area contributed by atoms with Gasteiger partial charge in [-0.3, -0.25) is 13.5 Å². The van der Waals surface area contributed by atoms with Gasteiger partial charge in [-0.05, 0) is 30.5 Å². The second-order valence-corrected chi connectivity index (χ2v) is 8.38. The van der Waals surface area contributed by atoms with Crippen molar-refractivity contribution in [2.75, 3.05) is 25.2 Å². The van der Waals surface area contributed by atoms with Crippen LogP contribution in [0.15, 0.2) is 29.2 Å². The van der Waals surface area contributed by atoms with Gasteiger partial charge < -0.3 is 4.74 Å². The van der Waals surface area contributed by atoms with Crippen molar-refractivity contribution in [3.63, 3.8) is 0 Å². The number of rotatable bonds is 8. The quantitative estimate of drug-likeness (QED) is 0.558. The third-order valence-electron chi connectivity index (χ3n) is 2.58. The summed E-state index contributed by atoms with van der Waals surface area (Å²) in [6.45, 7) is 0.918. The first-order valence-electron chi connectivity index (χ1n) is 6.04. The van der Waals surface area contributed by atoms with E-state index in [1.165, 1.54) is 18.4 Å². The minimum Gasteiger partial charge on any atom is -0.381 e. The molecule has 0 aliphatic carbocycles. The molecule has 0 spiro atoms. The SMILES string of the molecule is CS(=N)(=O)CCCOCCc1ccc(S(=O)(=O)O)cc1. The maximum atomic E-state index is 11.1. The van der Waals surface area contributed by atoms with E-state index in [0.717, 1.165) is 5.56 Å². The largest absolute Gasteiger partial charge is 0.381 e. The van der Waals surface area contributed by atoms with E-state index in [0.29, 0.717) is 31.8 Å². The molecular formula is C12H19NO5S2. The van der Waals surface area contributed by atoms with Crippen LogP contribution in [0.4, 0.5) is 0 Å². The zero-order chi connectivity index (χ0) is 15.2. The Labute approximate surface area is 119 Å². The average Bonchev–Trinajstić information content (AvgIpc) is 2.32. The summed E-state index contributed by atoms with van der Waals surface area (Å²) < 4.78 is 54.2. The highest BCUT2D eigenvalue weighted by Gasteiger charge is 2.08. The molecule has 0 aliphatic rings. The van der Waals surface area contributed by atoms with Crippen LogP contribution in [0, 0.1) is 4.78 Å². The van der Waals surface area contributed by atoms with Gasteiger partial charge in [-0.25, -0.2) is 0 Å². The van der Waals surface area contributed by atoms with Crippen molar-refractivity contribution >= 4 is 19.8 Å². The van der Waals surface area contributed by atoms with Crippen LogP contribution in [0.5, 0.6) is 0 Å². The standard InChI is InChI=1S/C12H19NO5S2/c1-19(13,14)10-2-8-18-9-7-11-3-5-12(6-4-11)20(15,16)17/h3-6,13H,2,7-10H2,1H3,(H,15,16,17). The maximum Gasteiger partial charge on any atom is 0.294 e. The third-order valence-corrected chi connectivity index (χ3v) is 4.51. The van der Waals surface area contributed by atoms with Gasteiger partial charge in [-0.1, -0.05) is 12.1 Å². The van der Waals surface area contributed by atoms with Crippen molar-refractivity contribution < 1.29 is 21.9 Å². The lowest BCUT2D eigenvalue weighted by atomic mass is 10.2. The summed E-state index contributed by atoms with van der Waals surface area (Å²) in [5.74, 6) is 0.329. The molecule has 1 atom stereocenters. The summed E-state index contributed by atoms with van der Waals surface area (Å²) in [6.07, 6.45) is 2.61. The van der Waals surface area contributed by atoms with Gasteiger partial charge in [0.15, 0.2) is 0 Å². The van der Waals surface area contributed by atoms with Gasteiger partial charge in [0.25, 0.3) is 10.1 Å². The lowest BCUT2D eigenvalue weighted by molar-refractivity contribution is 0.138. The number of nitrogens with one attached hydrogen (secondary N) is 1. The van der Waals surface area contributed by atoms with E-state index in [2.05, 4.69) is 0 Å². The van der Waals surface area contributed by atoms with Crippen LogP contribution in [0.2, 0.25) is 0 Å². The molecule has 0 heterocycles. The molecule has 0 aliphatic heterocycles. The topological polar surface area (TPSA) is 105 Å². The average molecular weight is 321 g/mol. The van der Waals surface area contributed by atoms with Crippen LogP contribution >= 0.6 is 0 Å². The van der Waals surface area contributed by atoms with Crippen LogP contribution in [0.3, 0.4) is 0 Å². The predicted octanol–water partition coefficient (Wildman–Crippen LogP) is 1.56. The summed E-state index contributed by atoms with van der Waals surface area (Å²) in [7, 11) is -6.59. The third kappa shape index (κ3) is 6.99. The Balaban J connectivity index is 2.29. The number of hydrogen-bond donors (Lipinski definition) is 2. The molecule has 6 nitrogen and oxygen atoms in total. The lowest BCUT2D eigenvalue weighted by Crippen LogP contribution is -2.07. The lowest BCUT2D eigenvalue weighted by Gasteiger charge is -2.05. The van der Waals surface area contributed by atoms with Gasteiger partial charge in [-0.2, -0.15) is 8.42 Å². The van der Waals surface area contributed by atoms with Crippen molar-refractivity contribution in [3.05, 3.63) is 29.8 Å². The van der Waals surface area contributed by atoms with Gasteiger partial charge in [0.2, 0.25) is 0 Å².